The third-order valence-corrected chi connectivity index (χ3v) is 6.47. The van der Waals surface area contributed by atoms with Crippen LogP contribution in [0.25, 0.3) is 0 Å². The van der Waals surface area contributed by atoms with Crippen molar-refractivity contribution in [3.05, 3.63) is 88.1 Å². The lowest BCUT2D eigenvalue weighted by Gasteiger charge is -2.36. The van der Waals surface area contributed by atoms with E-state index in [0.717, 1.165) is 22.0 Å². The number of ether oxygens (including phenoxy) is 2. The minimum Gasteiger partial charge on any atom is -0.497 e. The van der Waals surface area contributed by atoms with Gasteiger partial charge in [0.15, 0.2) is 5.17 Å². The van der Waals surface area contributed by atoms with Crippen LogP contribution >= 0.6 is 11.8 Å². The number of thioether (sulfide) groups is 1. The number of allylic oxidation sites excluding steroid dienone is 1. The van der Waals surface area contributed by atoms with Crippen molar-refractivity contribution < 1.29 is 19.1 Å². The normalized spacial score (nSPS) is 17.0. The van der Waals surface area contributed by atoms with Gasteiger partial charge in [0.2, 0.25) is 5.91 Å². The summed E-state index contributed by atoms with van der Waals surface area (Å²) in [4.78, 5) is 32.5. The maximum absolute atomic E-state index is 13.0. The first-order valence-corrected chi connectivity index (χ1v) is 12.0. The molecule has 0 fully saturated rings. The number of aliphatic imine (C=N–C) groups is 1. The molecule has 34 heavy (non-hydrogen) atoms. The monoisotopic (exact) mass is 477 g/mol. The first-order chi connectivity index (χ1) is 16.5. The fourth-order valence-electron chi connectivity index (χ4n) is 3.99. The third kappa shape index (κ3) is 5.02. The summed E-state index contributed by atoms with van der Waals surface area (Å²) >= 11 is 1.45. The predicted molar refractivity (Wildman–Crippen MR) is 133 cm³/mol. The van der Waals surface area contributed by atoms with Crippen molar-refractivity contribution in [2.75, 3.05) is 13.7 Å². The van der Waals surface area contributed by atoms with Gasteiger partial charge in [0.1, 0.15) is 5.75 Å². The van der Waals surface area contributed by atoms with Crippen molar-refractivity contribution in [3.63, 3.8) is 0 Å². The van der Waals surface area contributed by atoms with Crippen LogP contribution in [0.1, 0.15) is 37.4 Å². The van der Waals surface area contributed by atoms with Crippen molar-refractivity contribution in [2.45, 2.75) is 32.9 Å². The Bertz CT molecular complexity index is 1170. The molecule has 1 atom stereocenters. The molecule has 2 aromatic rings. The molecule has 0 saturated carbocycles. The summed E-state index contributed by atoms with van der Waals surface area (Å²) in [5.41, 5.74) is 3.72. The molecule has 0 saturated heterocycles. The molecular weight excluding hydrogens is 450 g/mol. The van der Waals surface area contributed by atoms with Gasteiger partial charge in [-0.25, -0.2) is 9.79 Å². The highest BCUT2D eigenvalue weighted by Gasteiger charge is 2.41. The lowest BCUT2D eigenvalue weighted by molar-refractivity contribution is -0.139. The van der Waals surface area contributed by atoms with Crippen LogP contribution in [0.15, 0.2) is 82.0 Å². The number of methoxy groups -OCH3 is 1. The Morgan fingerprint density at radius 2 is 1.94 bits per heavy atom. The number of amidine groups is 1. The molecule has 2 aromatic carbocycles. The molecule has 0 spiro atoms. The number of rotatable bonds is 8. The molecule has 1 unspecified atom stereocenters. The number of fused-ring (bicyclic) bond motifs is 1. The Kier molecular flexibility index (Phi) is 7.37. The topological polar surface area (TPSA) is 80.2 Å². The lowest BCUT2D eigenvalue weighted by Crippen LogP contribution is -2.38. The van der Waals surface area contributed by atoms with Crippen molar-refractivity contribution in [1.29, 1.82) is 0 Å². The molecule has 8 heteroatoms. The minimum absolute atomic E-state index is 0.106. The summed E-state index contributed by atoms with van der Waals surface area (Å²) in [5.74, 6) is 0.158. The molecule has 176 valence electrons. The number of benzene rings is 2. The number of carbonyl (C=O) groups is 2. The number of esters is 1. The summed E-state index contributed by atoms with van der Waals surface area (Å²) in [7, 11) is 1.61. The van der Waals surface area contributed by atoms with E-state index in [0.29, 0.717) is 23.6 Å². The van der Waals surface area contributed by atoms with E-state index in [1.807, 2.05) is 71.8 Å². The molecule has 2 heterocycles. The summed E-state index contributed by atoms with van der Waals surface area (Å²) in [5, 5.41) is 5.63. The van der Waals surface area contributed by atoms with Crippen LogP contribution in [0.5, 0.6) is 5.75 Å². The zero-order chi connectivity index (χ0) is 24.1. The van der Waals surface area contributed by atoms with Gasteiger partial charge < -0.3 is 19.7 Å². The first-order valence-electron chi connectivity index (χ1n) is 11.1. The molecule has 4 rings (SSSR count). The van der Waals surface area contributed by atoms with Crippen molar-refractivity contribution in [1.82, 2.24) is 10.2 Å². The SMILES string of the molecule is CCOC(=O)C1=C(C)N=C2SC=C(CC(=O)NCc3ccccc3)N2C1c1cccc(OC)c1. The van der Waals surface area contributed by atoms with Gasteiger partial charge in [-0.1, -0.05) is 54.2 Å². The summed E-state index contributed by atoms with van der Waals surface area (Å²) in [6, 6.07) is 16.9. The van der Waals surface area contributed by atoms with Gasteiger partial charge >= 0.3 is 5.97 Å². The molecule has 1 amide bonds. The maximum atomic E-state index is 13.0. The number of carbonyl (C=O) groups excluding carboxylic acids is 2. The average Bonchev–Trinajstić information content (AvgIpc) is 3.24. The Morgan fingerprint density at radius 3 is 2.68 bits per heavy atom. The second kappa shape index (κ2) is 10.6. The van der Waals surface area contributed by atoms with E-state index in [1.54, 1.807) is 14.0 Å². The number of hydrogen-bond donors (Lipinski definition) is 1. The Balaban J connectivity index is 1.63. The molecule has 0 radical (unpaired) electrons. The zero-order valence-corrected chi connectivity index (χ0v) is 20.2. The van der Waals surface area contributed by atoms with Crippen LogP contribution in [-0.2, 0) is 20.9 Å². The quantitative estimate of drug-likeness (QED) is 0.563. The summed E-state index contributed by atoms with van der Waals surface area (Å²) in [6.45, 7) is 4.30. The van der Waals surface area contributed by atoms with Crippen molar-refractivity contribution in [3.8, 4) is 5.75 Å². The number of nitrogens with zero attached hydrogens (tertiary/aromatic N) is 2. The second-order valence-corrected chi connectivity index (χ2v) is 8.67. The summed E-state index contributed by atoms with van der Waals surface area (Å²) < 4.78 is 10.8. The fraction of sp³-hybridized carbons (Fsp3) is 0.269. The van der Waals surface area contributed by atoms with E-state index in [-0.39, 0.29) is 18.9 Å². The van der Waals surface area contributed by atoms with Crippen LogP contribution in [0.4, 0.5) is 0 Å². The van der Waals surface area contributed by atoms with Crippen LogP contribution in [0.3, 0.4) is 0 Å². The van der Waals surface area contributed by atoms with E-state index in [1.165, 1.54) is 11.8 Å². The highest BCUT2D eigenvalue weighted by molar-refractivity contribution is 8.16. The van der Waals surface area contributed by atoms with Crippen LogP contribution in [-0.4, -0.2) is 35.7 Å². The van der Waals surface area contributed by atoms with E-state index in [4.69, 9.17) is 9.47 Å². The van der Waals surface area contributed by atoms with E-state index in [9.17, 15) is 9.59 Å². The predicted octanol–water partition coefficient (Wildman–Crippen LogP) is 4.54. The number of nitrogens with one attached hydrogen (secondary N) is 1. The van der Waals surface area contributed by atoms with Gasteiger partial charge in [0, 0.05) is 12.2 Å². The molecule has 0 bridgehead atoms. The third-order valence-electron chi connectivity index (χ3n) is 5.58. The van der Waals surface area contributed by atoms with Gasteiger partial charge in [0.25, 0.3) is 0 Å². The molecule has 0 aromatic heterocycles. The highest BCUT2D eigenvalue weighted by Crippen LogP contribution is 2.45. The molecule has 1 N–H and O–H groups in total. The second-order valence-electron chi connectivity index (χ2n) is 7.83. The van der Waals surface area contributed by atoms with Gasteiger partial charge in [-0.3, -0.25) is 4.79 Å². The van der Waals surface area contributed by atoms with Gasteiger partial charge in [-0.15, -0.1) is 0 Å². The van der Waals surface area contributed by atoms with Gasteiger partial charge in [-0.2, -0.15) is 0 Å². The molecule has 7 nitrogen and oxygen atoms in total. The molecular formula is C26H27N3O4S. The van der Waals surface area contributed by atoms with E-state index < -0.39 is 12.0 Å². The largest absolute Gasteiger partial charge is 0.497 e. The Labute approximate surface area is 203 Å². The van der Waals surface area contributed by atoms with E-state index >= 15 is 0 Å². The Hall–Kier alpha value is -3.52. The Morgan fingerprint density at radius 1 is 1.15 bits per heavy atom. The fourth-order valence-corrected chi connectivity index (χ4v) is 4.95. The van der Waals surface area contributed by atoms with Crippen molar-refractivity contribution >= 4 is 28.8 Å². The van der Waals surface area contributed by atoms with Crippen molar-refractivity contribution in [2.24, 2.45) is 4.99 Å². The zero-order valence-electron chi connectivity index (χ0n) is 19.4. The summed E-state index contributed by atoms with van der Waals surface area (Å²) in [6.07, 6.45) is 0.161. The minimum atomic E-state index is -0.482. The maximum Gasteiger partial charge on any atom is 0.338 e. The average molecular weight is 478 g/mol. The molecule has 2 aliphatic heterocycles. The molecule has 0 aliphatic carbocycles. The van der Waals surface area contributed by atoms with Gasteiger partial charge in [0.05, 0.1) is 37.4 Å². The smallest absolute Gasteiger partial charge is 0.338 e. The molecule has 2 aliphatic rings. The number of hydrogen-bond acceptors (Lipinski definition) is 7. The lowest BCUT2D eigenvalue weighted by atomic mass is 9.93. The van der Waals surface area contributed by atoms with E-state index in [2.05, 4.69) is 10.3 Å². The number of amides is 1. The standard InChI is InChI=1S/C26H27N3O4S/c1-4-33-25(31)23-17(2)28-26-29(24(23)19-11-8-12-21(13-19)32-3)20(16-34-26)14-22(30)27-15-18-9-6-5-7-10-18/h5-13,16,24H,4,14-15H2,1-3H3,(H,27,30). The first kappa shape index (κ1) is 23.6. The highest BCUT2D eigenvalue weighted by atomic mass is 32.2. The van der Waals surface area contributed by atoms with Crippen LogP contribution < -0.4 is 10.1 Å². The van der Waals surface area contributed by atoms with Crippen LogP contribution in [0.2, 0.25) is 0 Å². The van der Waals surface area contributed by atoms with Crippen LogP contribution in [0, 0.1) is 0 Å². The van der Waals surface area contributed by atoms with Gasteiger partial charge in [-0.05, 0) is 42.5 Å².